The van der Waals surface area contributed by atoms with Crippen LogP contribution in [0.3, 0.4) is 0 Å². The fourth-order valence-electron chi connectivity index (χ4n) is 4.40. The maximum absolute atomic E-state index is 3.75. The van der Waals surface area contributed by atoms with E-state index in [-0.39, 0.29) is 0 Å². The van der Waals surface area contributed by atoms with E-state index < -0.39 is 0 Å². The van der Waals surface area contributed by atoms with Crippen LogP contribution in [0.25, 0.3) is 0 Å². The Morgan fingerprint density at radius 1 is 1.15 bits per heavy atom. The minimum absolute atomic E-state index is 0.533. The number of nitrogens with one attached hydrogen (secondary N) is 1. The van der Waals surface area contributed by atoms with E-state index in [4.69, 9.17) is 0 Å². The summed E-state index contributed by atoms with van der Waals surface area (Å²) in [6.45, 7) is 17.0. The number of likely N-dealkylation sites (tertiary alicyclic amines) is 1. The maximum Gasteiger partial charge on any atom is 0.00505 e. The molecule has 1 aliphatic carbocycles. The molecule has 118 valence electrons. The van der Waals surface area contributed by atoms with Gasteiger partial charge in [-0.05, 0) is 36.0 Å². The van der Waals surface area contributed by atoms with Gasteiger partial charge in [0.25, 0.3) is 0 Å². The minimum Gasteiger partial charge on any atom is -0.314 e. The average molecular weight is 281 g/mol. The highest BCUT2D eigenvalue weighted by molar-refractivity contribution is 4.92. The molecule has 1 saturated carbocycles. The molecule has 0 radical (unpaired) electrons. The van der Waals surface area contributed by atoms with Crippen LogP contribution in [0.5, 0.6) is 0 Å². The molecule has 20 heavy (non-hydrogen) atoms. The van der Waals surface area contributed by atoms with Crippen LogP contribution in [0.1, 0.15) is 60.3 Å². The van der Waals surface area contributed by atoms with E-state index in [1.807, 2.05) is 0 Å². The molecule has 2 aliphatic rings. The second-order valence-electron chi connectivity index (χ2n) is 8.39. The summed E-state index contributed by atoms with van der Waals surface area (Å²) < 4.78 is 0. The second kappa shape index (κ2) is 6.79. The van der Waals surface area contributed by atoms with E-state index in [0.29, 0.717) is 11.5 Å². The number of nitrogens with zero attached hydrogens (tertiary/aromatic N) is 1. The first-order valence-corrected chi connectivity index (χ1v) is 8.86. The van der Waals surface area contributed by atoms with Gasteiger partial charge in [0.05, 0.1) is 0 Å². The quantitative estimate of drug-likeness (QED) is 0.824. The zero-order valence-electron chi connectivity index (χ0n) is 14.4. The Morgan fingerprint density at radius 3 is 2.35 bits per heavy atom. The van der Waals surface area contributed by atoms with Gasteiger partial charge < -0.3 is 10.2 Å². The normalized spacial score (nSPS) is 39.6. The Bertz CT molecular complexity index is 292. The van der Waals surface area contributed by atoms with Crippen molar-refractivity contribution in [2.24, 2.45) is 23.2 Å². The third-order valence-electron chi connectivity index (χ3n) is 5.69. The molecule has 2 heteroatoms. The van der Waals surface area contributed by atoms with Crippen molar-refractivity contribution in [3.63, 3.8) is 0 Å². The Labute approximate surface area is 126 Å². The standard InChI is InChI=1S/C18H36N2/c1-14(2)19-12-18(8-6-7-15(3)9-18)13-20-10-16(4)17(5)11-20/h14-17,19H,6-13H2,1-5H3. The summed E-state index contributed by atoms with van der Waals surface area (Å²) in [4.78, 5) is 2.76. The summed E-state index contributed by atoms with van der Waals surface area (Å²) in [5.41, 5.74) is 0.533. The maximum atomic E-state index is 3.75. The van der Waals surface area contributed by atoms with Crippen LogP contribution in [0.15, 0.2) is 0 Å². The number of rotatable bonds is 5. The van der Waals surface area contributed by atoms with Gasteiger partial charge in [-0.2, -0.15) is 0 Å². The van der Waals surface area contributed by atoms with Crippen molar-refractivity contribution in [3.05, 3.63) is 0 Å². The van der Waals surface area contributed by atoms with Crippen molar-refractivity contribution < 1.29 is 0 Å². The molecule has 0 aromatic rings. The van der Waals surface area contributed by atoms with Gasteiger partial charge in [-0.15, -0.1) is 0 Å². The predicted molar refractivity (Wildman–Crippen MR) is 88.0 cm³/mol. The lowest BCUT2D eigenvalue weighted by Gasteiger charge is -2.43. The van der Waals surface area contributed by atoms with Gasteiger partial charge in [-0.1, -0.05) is 47.5 Å². The first-order chi connectivity index (χ1) is 9.40. The topological polar surface area (TPSA) is 15.3 Å². The van der Waals surface area contributed by atoms with Crippen LogP contribution in [0, 0.1) is 23.2 Å². The van der Waals surface area contributed by atoms with Crippen LogP contribution in [0.2, 0.25) is 0 Å². The van der Waals surface area contributed by atoms with Crippen molar-refractivity contribution in [2.45, 2.75) is 66.3 Å². The number of hydrogen-bond acceptors (Lipinski definition) is 2. The largest absolute Gasteiger partial charge is 0.314 e. The Morgan fingerprint density at radius 2 is 1.80 bits per heavy atom. The third-order valence-corrected chi connectivity index (χ3v) is 5.69. The van der Waals surface area contributed by atoms with Crippen molar-refractivity contribution in [1.82, 2.24) is 10.2 Å². The van der Waals surface area contributed by atoms with E-state index in [1.54, 1.807) is 0 Å². The van der Waals surface area contributed by atoms with Gasteiger partial charge in [0.2, 0.25) is 0 Å². The smallest absolute Gasteiger partial charge is 0.00505 e. The van der Waals surface area contributed by atoms with Crippen molar-refractivity contribution in [1.29, 1.82) is 0 Å². The lowest BCUT2D eigenvalue weighted by atomic mass is 9.69. The molecular formula is C18H36N2. The summed E-state index contributed by atoms with van der Waals surface area (Å²) in [6, 6.07) is 0.612. The summed E-state index contributed by atoms with van der Waals surface area (Å²) >= 11 is 0. The zero-order valence-corrected chi connectivity index (χ0v) is 14.4. The third kappa shape index (κ3) is 4.21. The SMILES string of the molecule is CC1CCCC(CNC(C)C)(CN2CC(C)C(C)C2)C1. The van der Waals surface area contributed by atoms with Crippen molar-refractivity contribution in [3.8, 4) is 0 Å². The molecule has 2 fully saturated rings. The van der Waals surface area contributed by atoms with Gasteiger partial charge >= 0.3 is 0 Å². The highest BCUT2D eigenvalue weighted by Gasteiger charge is 2.38. The highest BCUT2D eigenvalue weighted by Crippen LogP contribution is 2.40. The highest BCUT2D eigenvalue weighted by atomic mass is 15.2. The molecule has 1 aliphatic heterocycles. The second-order valence-corrected chi connectivity index (χ2v) is 8.39. The Hall–Kier alpha value is -0.0800. The van der Waals surface area contributed by atoms with Crippen LogP contribution >= 0.6 is 0 Å². The summed E-state index contributed by atoms with van der Waals surface area (Å²) in [6.07, 6.45) is 5.72. The van der Waals surface area contributed by atoms with Crippen molar-refractivity contribution >= 4 is 0 Å². The van der Waals surface area contributed by atoms with Gasteiger partial charge in [0, 0.05) is 32.2 Å². The molecule has 4 unspecified atom stereocenters. The molecule has 2 nitrogen and oxygen atoms in total. The van der Waals surface area contributed by atoms with E-state index >= 15 is 0 Å². The molecular weight excluding hydrogens is 244 g/mol. The molecule has 0 amide bonds. The fourth-order valence-corrected chi connectivity index (χ4v) is 4.40. The van der Waals surface area contributed by atoms with Gasteiger partial charge in [0.15, 0.2) is 0 Å². The Balaban J connectivity index is 1.98. The molecule has 4 atom stereocenters. The van der Waals surface area contributed by atoms with Crippen molar-refractivity contribution in [2.75, 3.05) is 26.2 Å². The average Bonchev–Trinajstić information content (AvgIpc) is 2.65. The molecule has 0 aromatic carbocycles. The van der Waals surface area contributed by atoms with Crippen LogP contribution < -0.4 is 5.32 Å². The van der Waals surface area contributed by atoms with E-state index in [2.05, 4.69) is 44.8 Å². The first-order valence-electron chi connectivity index (χ1n) is 8.86. The summed E-state index contributed by atoms with van der Waals surface area (Å²) in [7, 11) is 0. The summed E-state index contributed by atoms with van der Waals surface area (Å²) in [5, 5.41) is 3.75. The molecule has 2 rings (SSSR count). The van der Waals surface area contributed by atoms with Crippen LogP contribution in [-0.4, -0.2) is 37.1 Å². The van der Waals surface area contributed by atoms with Crippen LogP contribution in [0.4, 0.5) is 0 Å². The van der Waals surface area contributed by atoms with E-state index in [1.165, 1.54) is 51.9 Å². The lowest BCUT2D eigenvalue weighted by molar-refractivity contribution is 0.0867. The van der Waals surface area contributed by atoms with Crippen LogP contribution in [-0.2, 0) is 0 Å². The van der Waals surface area contributed by atoms with Gasteiger partial charge in [-0.3, -0.25) is 0 Å². The molecule has 1 heterocycles. The molecule has 0 bridgehead atoms. The van der Waals surface area contributed by atoms with Gasteiger partial charge in [0.1, 0.15) is 0 Å². The monoisotopic (exact) mass is 280 g/mol. The predicted octanol–water partition coefficient (Wildman–Crippen LogP) is 3.77. The van der Waals surface area contributed by atoms with E-state index in [0.717, 1.165) is 17.8 Å². The summed E-state index contributed by atoms with van der Waals surface area (Å²) in [5.74, 6) is 2.67. The number of hydrogen-bond donors (Lipinski definition) is 1. The van der Waals surface area contributed by atoms with E-state index in [9.17, 15) is 0 Å². The lowest BCUT2D eigenvalue weighted by Crippen LogP contribution is -2.47. The molecule has 0 spiro atoms. The molecule has 1 saturated heterocycles. The minimum atomic E-state index is 0.533. The van der Waals surface area contributed by atoms with Gasteiger partial charge in [-0.25, -0.2) is 0 Å². The zero-order chi connectivity index (χ0) is 14.8. The first kappa shape index (κ1) is 16.3. The Kier molecular flexibility index (Phi) is 5.53. The molecule has 0 aromatic heterocycles. The molecule has 1 N–H and O–H groups in total. The fraction of sp³-hybridized carbons (Fsp3) is 1.00.